The highest BCUT2D eigenvalue weighted by Gasteiger charge is 2.14. The molecule has 1 amide bonds. The summed E-state index contributed by atoms with van der Waals surface area (Å²) >= 11 is 0. The molecule has 1 aromatic heterocycles. The Morgan fingerprint density at radius 2 is 2.37 bits per heavy atom. The summed E-state index contributed by atoms with van der Waals surface area (Å²) in [6.45, 7) is 0. The van der Waals surface area contributed by atoms with Crippen LogP contribution in [0, 0.1) is 11.3 Å². The quantitative estimate of drug-likeness (QED) is 0.761. The number of nitrogens with zero attached hydrogens (tertiary/aromatic N) is 2. The maximum absolute atomic E-state index is 11.9. The lowest BCUT2D eigenvalue weighted by atomic mass is 10.2. The van der Waals surface area contributed by atoms with Crippen molar-refractivity contribution in [2.75, 3.05) is 18.2 Å². The zero-order valence-electron chi connectivity index (χ0n) is 10.1. The van der Waals surface area contributed by atoms with E-state index in [1.54, 1.807) is 12.1 Å². The molecule has 0 aliphatic rings. The van der Waals surface area contributed by atoms with Crippen molar-refractivity contribution in [1.29, 1.82) is 5.26 Å². The average molecular weight is 257 g/mol. The summed E-state index contributed by atoms with van der Waals surface area (Å²) in [6.07, 6.45) is 1.35. The predicted octanol–water partition coefficient (Wildman–Crippen LogP) is 1.12. The van der Waals surface area contributed by atoms with E-state index in [1.165, 1.54) is 19.4 Å². The first-order valence-electron chi connectivity index (χ1n) is 5.34. The van der Waals surface area contributed by atoms with Crippen molar-refractivity contribution in [2.24, 2.45) is 0 Å². The number of aromatic amines is 1. The van der Waals surface area contributed by atoms with Crippen LogP contribution in [-0.4, -0.2) is 23.2 Å². The molecule has 4 N–H and O–H groups in total. The van der Waals surface area contributed by atoms with E-state index < -0.39 is 5.91 Å². The van der Waals surface area contributed by atoms with Crippen LogP contribution in [0.15, 0.2) is 24.4 Å². The van der Waals surface area contributed by atoms with Gasteiger partial charge in [-0.1, -0.05) is 0 Å². The van der Waals surface area contributed by atoms with Crippen LogP contribution in [0.4, 0.5) is 11.4 Å². The molecule has 1 aromatic carbocycles. The minimum Gasteiger partial charge on any atom is -0.495 e. The van der Waals surface area contributed by atoms with E-state index in [9.17, 15) is 4.79 Å². The van der Waals surface area contributed by atoms with Crippen molar-refractivity contribution in [3.63, 3.8) is 0 Å². The smallest absolute Gasteiger partial charge is 0.275 e. The van der Waals surface area contributed by atoms with Crippen LogP contribution < -0.4 is 15.8 Å². The number of hydrogen-bond acceptors (Lipinski definition) is 5. The minimum atomic E-state index is -0.432. The molecule has 7 heteroatoms. The zero-order chi connectivity index (χ0) is 13.8. The standard InChI is InChI=1S/C12H11N5O2/c1-19-10-4-7(5-13)2-3-9(10)16-12(18)11-8(14)6-15-17-11/h2-4,6H,14H2,1H3,(H,15,17)(H,16,18). The number of hydrogen-bond donors (Lipinski definition) is 3. The maximum atomic E-state index is 11.9. The molecule has 7 nitrogen and oxygen atoms in total. The number of nitrogens with two attached hydrogens (primary N) is 1. The molecule has 0 atom stereocenters. The largest absolute Gasteiger partial charge is 0.495 e. The summed E-state index contributed by atoms with van der Waals surface area (Å²) in [7, 11) is 1.46. The first-order valence-corrected chi connectivity index (χ1v) is 5.34. The van der Waals surface area contributed by atoms with Crippen LogP contribution in [0.25, 0.3) is 0 Å². The van der Waals surface area contributed by atoms with Crippen LogP contribution in [-0.2, 0) is 0 Å². The fourth-order valence-electron chi connectivity index (χ4n) is 1.53. The van der Waals surface area contributed by atoms with Crippen molar-refractivity contribution in [1.82, 2.24) is 10.2 Å². The number of rotatable bonds is 3. The molecule has 0 radical (unpaired) electrons. The first-order chi connectivity index (χ1) is 9.15. The van der Waals surface area contributed by atoms with Gasteiger partial charge in [0.25, 0.3) is 5.91 Å². The summed E-state index contributed by atoms with van der Waals surface area (Å²) in [5.74, 6) is -0.0384. The predicted molar refractivity (Wildman–Crippen MR) is 68.7 cm³/mol. The number of aromatic nitrogens is 2. The van der Waals surface area contributed by atoms with Gasteiger partial charge in [-0.25, -0.2) is 0 Å². The topological polar surface area (TPSA) is 117 Å². The van der Waals surface area contributed by atoms with E-state index in [1.807, 2.05) is 6.07 Å². The second-order valence-corrected chi connectivity index (χ2v) is 3.68. The number of benzene rings is 1. The number of nitriles is 1. The van der Waals surface area contributed by atoms with E-state index in [-0.39, 0.29) is 11.4 Å². The van der Waals surface area contributed by atoms with Crippen molar-refractivity contribution < 1.29 is 9.53 Å². The molecule has 0 aliphatic carbocycles. The van der Waals surface area contributed by atoms with Crippen LogP contribution in [0.1, 0.15) is 16.1 Å². The van der Waals surface area contributed by atoms with Crippen molar-refractivity contribution in [2.45, 2.75) is 0 Å². The first kappa shape index (κ1) is 12.4. The molecule has 2 aromatic rings. The van der Waals surface area contributed by atoms with E-state index in [0.717, 1.165) is 0 Å². The van der Waals surface area contributed by atoms with Gasteiger partial charge >= 0.3 is 0 Å². The van der Waals surface area contributed by atoms with Crippen molar-refractivity contribution in [3.8, 4) is 11.8 Å². The summed E-state index contributed by atoms with van der Waals surface area (Å²) < 4.78 is 5.11. The highest BCUT2D eigenvalue weighted by Crippen LogP contribution is 2.26. The number of nitrogens with one attached hydrogen (secondary N) is 2. The molecule has 0 fully saturated rings. The van der Waals surface area contributed by atoms with Crippen LogP contribution >= 0.6 is 0 Å². The third-order valence-electron chi connectivity index (χ3n) is 2.47. The highest BCUT2D eigenvalue weighted by atomic mass is 16.5. The number of amides is 1. The summed E-state index contributed by atoms with van der Waals surface area (Å²) in [6, 6.07) is 6.69. The third-order valence-corrected chi connectivity index (χ3v) is 2.47. The Hall–Kier alpha value is -3.01. The van der Waals surface area contributed by atoms with Gasteiger partial charge < -0.3 is 15.8 Å². The third kappa shape index (κ3) is 2.47. The van der Waals surface area contributed by atoms with Crippen molar-refractivity contribution >= 4 is 17.3 Å². The molecule has 0 bridgehead atoms. The molecular formula is C12H11N5O2. The fraction of sp³-hybridized carbons (Fsp3) is 0.0833. The second kappa shape index (κ2) is 5.10. The number of ether oxygens (including phenoxy) is 1. The van der Waals surface area contributed by atoms with Gasteiger partial charge in [-0.05, 0) is 12.1 Å². The molecule has 96 valence electrons. The Morgan fingerprint density at radius 3 is 2.95 bits per heavy atom. The SMILES string of the molecule is COc1cc(C#N)ccc1NC(=O)c1[nH]ncc1N. The molecule has 2 rings (SSSR count). The van der Waals surface area contributed by atoms with Gasteiger partial charge in [0.15, 0.2) is 0 Å². The maximum Gasteiger partial charge on any atom is 0.275 e. The molecule has 0 saturated carbocycles. The number of nitrogen functional groups attached to an aromatic ring is 1. The molecule has 0 unspecified atom stereocenters. The lowest BCUT2D eigenvalue weighted by molar-refractivity contribution is 0.102. The lowest BCUT2D eigenvalue weighted by Crippen LogP contribution is -2.14. The number of methoxy groups -OCH3 is 1. The van der Waals surface area contributed by atoms with Gasteiger partial charge in [0.1, 0.15) is 11.4 Å². The average Bonchev–Trinajstić information content (AvgIpc) is 2.85. The van der Waals surface area contributed by atoms with Gasteiger partial charge in [0, 0.05) is 6.07 Å². The fourth-order valence-corrected chi connectivity index (χ4v) is 1.53. The Kier molecular flexibility index (Phi) is 3.34. The lowest BCUT2D eigenvalue weighted by Gasteiger charge is -2.09. The van der Waals surface area contributed by atoms with Gasteiger partial charge in [-0.2, -0.15) is 10.4 Å². The summed E-state index contributed by atoms with van der Waals surface area (Å²) in [5, 5.41) is 17.6. The number of H-pyrrole nitrogens is 1. The van der Waals surface area contributed by atoms with Gasteiger partial charge in [-0.3, -0.25) is 9.89 Å². The Morgan fingerprint density at radius 1 is 1.58 bits per heavy atom. The van der Waals surface area contributed by atoms with Gasteiger partial charge in [-0.15, -0.1) is 0 Å². The molecule has 19 heavy (non-hydrogen) atoms. The molecule has 1 heterocycles. The molecule has 0 aliphatic heterocycles. The van der Waals surface area contributed by atoms with Crippen LogP contribution in [0.2, 0.25) is 0 Å². The van der Waals surface area contributed by atoms with Crippen LogP contribution in [0.5, 0.6) is 5.75 Å². The summed E-state index contributed by atoms with van der Waals surface area (Å²) in [5.41, 5.74) is 6.90. The van der Waals surface area contributed by atoms with E-state index in [4.69, 9.17) is 15.7 Å². The number of carbonyl (C=O) groups is 1. The van der Waals surface area contributed by atoms with Gasteiger partial charge in [0.05, 0.1) is 36.3 Å². The van der Waals surface area contributed by atoms with Crippen LogP contribution in [0.3, 0.4) is 0 Å². The zero-order valence-corrected chi connectivity index (χ0v) is 10.1. The monoisotopic (exact) mass is 257 g/mol. The number of anilines is 2. The van der Waals surface area contributed by atoms with Crippen molar-refractivity contribution in [3.05, 3.63) is 35.7 Å². The van der Waals surface area contributed by atoms with E-state index >= 15 is 0 Å². The second-order valence-electron chi connectivity index (χ2n) is 3.68. The normalized spacial score (nSPS) is 9.68. The minimum absolute atomic E-state index is 0.173. The van der Waals surface area contributed by atoms with E-state index in [2.05, 4.69) is 15.5 Å². The molecular weight excluding hydrogens is 246 g/mol. The molecule has 0 spiro atoms. The number of carbonyl (C=O) groups excluding carboxylic acids is 1. The van der Waals surface area contributed by atoms with Gasteiger partial charge in [0.2, 0.25) is 0 Å². The Bertz CT molecular complexity index is 656. The Balaban J connectivity index is 2.27. The highest BCUT2D eigenvalue weighted by molar-refractivity contribution is 6.06. The summed E-state index contributed by atoms with van der Waals surface area (Å²) in [4.78, 5) is 11.9. The Labute approximate surface area is 109 Å². The molecule has 0 saturated heterocycles. The van der Waals surface area contributed by atoms with E-state index in [0.29, 0.717) is 17.0 Å².